The Balaban J connectivity index is 2.38. The van der Waals surface area contributed by atoms with E-state index in [-0.39, 0.29) is 19.7 Å². The summed E-state index contributed by atoms with van der Waals surface area (Å²) in [6.07, 6.45) is 2.66. The van der Waals surface area contributed by atoms with Crippen LogP contribution < -0.4 is 10.6 Å². The van der Waals surface area contributed by atoms with Crippen LogP contribution in [-0.4, -0.2) is 46.0 Å². The van der Waals surface area contributed by atoms with Crippen LogP contribution in [0.2, 0.25) is 0 Å². The first kappa shape index (κ1) is 14.5. The van der Waals surface area contributed by atoms with E-state index in [0.29, 0.717) is 5.69 Å². The van der Waals surface area contributed by atoms with Gasteiger partial charge >= 0.3 is 18.0 Å². The van der Waals surface area contributed by atoms with Gasteiger partial charge in [-0.15, -0.1) is 0 Å². The molecule has 1 heterocycles. The number of hydrogen-bond acceptors (Lipinski definition) is 5. The number of aromatic nitrogens is 2. The Labute approximate surface area is 108 Å². The molecule has 0 unspecified atom stereocenters. The lowest BCUT2D eigenvalue weighted by atomic mass is 10.5. The van der Waals surface area contributed by atoms with Gasteiger partial charge < -0.3 is 20.5 Å². The zero-order valence-electron chi connectivity index (χ0n) is 10.3. The molecule has 0 spiro atoms. The fourth-order valence-electron chi connectivity index (χ4n) is 1.19. The topological polar surface area (TPSA) is 123 Å². The molecule has 0 aromatic carbocycles. The lowest BCUT2D eigenvalue weighted by Crippen LogP contribution is -2.34. The number of carbonyl (C=O) groups is 3. The molecule has 3 N–H and O–H groups in total. The third kappa shape index (κ3) is 5.52. The van der Waals surface area contributed by atoms with Crippen LogP contribution in [0.15, 0.2) is 12.4 Å². The molecule has 19 heavy (non-hydrogen) atoms. The first-order chi connectivity index (χ1) is 9.01. The quantitative estimate of drug-likeness (QED) is 0.607. The second-order valence-electron chi connectivity index (χ2n) is 3.43. The smallest absolute Gasteiger partial charge is 0.325 e. The number of rotatable bonds is 6. The number of carboxylic acid groups (broad SMARTS) is 1. The Morgan fingerprint density at radius 2 is 2.21 bits per heavy atom. The Morgan fingerprint density at radius 1 is 1.47 bits per heavy atom. The first-order valence-electron chi connectivity index (χ1n) is 5.46. The van der Waals surface area contributed by atoms with E-state index in [1.807, 2.05) is 0 Å². The highest BCUT2D eigenvalue weighted by molar-refractivity contribution is 5.91. The van der Waals surface area contributed by atoms with Crippen molar-refractivity contribution in [3.8, 4) is 0 Å². The number of esters is 1. The maximum Gasteiger partial charge on any atom is 0.325 e. The summed E-state index contributed by atoms with van der Waals surface area (Å²) in [5, 5.41) is 17.0. The number of anilines is 1. The maximum absolute atomic E-state index is 11.4. The van der Waals surface area contributed by atoms with Crippen LogP contribution in [0.5, 0.6) is 0 Å². The molecule has 0 radical (unpaired) electrons. The number of carbonyl (C=O) groups excluding carboxylic acids is 2. The van der Waals surface area contributed by atoms with E-state index >= 15 is 0 Å². The van der Waals surface area contributed by atoms with Crippen molar-refractivity contribution < 1.29 is 24.2 Å². The largest absolute Gasteiger partial charge is 0.480 e. The van der Waals surface area contributed by atoms with Gasteiger partial charge in [-0.2, -0.15) is 5.10 Å². The Kier molecular flexibility index (Phi) is 5.33. The van der Waals surface area contributed by atoms with Crippen LogP contribution in [0.3, 0.4) is 0 Å². The molecule has 104 valence electrons. The van der Waals surface area contributed by atoms with Crippen LogP contribution in [-0.2, 0) is 20.9 Å². The summed E-state index contributed by atoms with van der Waals surface area (Å²) in [7, 11) is 0. The van der Waals surface area contributed by atoms with Crippen molar-refractivity contribution in [2.75, 3.05) is 18.5 Å². The second-order valence-corrected chi connectivity index (χ2v) is 3.43. The van der Waals surface area contributed by atoms with Crippen molar-refractivity contribution in [3.05, 3.63) is 12.4 Å². The Bertz CT molecular complexity index is 470. The molecule has 0 fully saturated rings. The van der Waals surface area contributed by atoms with E-state index in [4.69, 9.17) is 5.11 Å². The van der Waals surface area contributed by atoms with Crippen molar-refractivity contribution >= 4 is 23.7 Å². The number of nitrogens with one attached hydrogen (secondary N) is 2. The van der Waals surface area contributed by atoms with Crippen LogP contribution >= 0.6 is 0 Å². The predicted molar refractivity (Wildman–Crippen MR) is 63.5 cm³/mol. The molecule has 9 nitrogen and oxygen atoms in total. The molecule has 0 saturated heterocycles. The monoisotopic (exact) mass is 270 g/mol. The minimum atomic E-state index is -1.04. The first-order valence-corrected chi connectivity index (χ1v) is 5.46. The molecule has 0 atom stereocenters. The predicted octanol–water partition coefficient (Wildman–Crippen LogP) is -0.348. The molecule has 1 aromatic heterocycles. The minimum absolute atomic E-state index is 0.240. The summed E-state index contributed by atoms with van der Waals surface area (Å²) in [4.78, 5) is 32.8. The summed E-state index contributed by atoms with van der Waals surface area (Å²) in [5.74, 6) is -1.58. The molecule has 0 saturated carbocycles. The van der Waals surface area contributed by atoms with Gasteiger partial charge in [0, 0.05) is 6.20 Å². The summed E-state index contributed by atoms with van der Waals surface area (Å²) < 4.78 is 5.78. The Morgan fingerprint density at radius 3 is 2.84 bits per heavy atom. The lowest BCUT2D eigenvalue weighted by molar-refractivity contribution is -0.142. The van der Waals surface area contributed by atoms with Crippen molar-refractivity contribution in [2.45, 2.75) is 13.5 Å². The third-order valence-electron chi connectivity index (χ3n) is 1.89. The molecule has 1 aromatic rings. The second kappa shape index (κ2) is 6.99. The number of nitrogens with zero attached hydrogens (tertiary/aromatic N) is 2. The number of ether oxygens (including phenoxy) is 1. The average molecular weight is 270 g/mol. The molecule has 0 aliphatic carbocycles. The summed E-state index contributed by atoms with van der Waals surface area (Å²) in [5.41, 5.74) is 0.322. The average Bonchev–Trinajstić information content (AvgIpc) is 2.73. The number of carboxylic acids is 1. The van der Waals surface area contributed by atoms with E-state index in [9.17, 15) is 14.4 Å². The van der Waals surface area contributed by atoms with Crippen LogP contribution in [0, 0.1) is 0 Å². The zero-order valence-corrected chi connectivity index (χ0v) is 10.3. The van der Waals surface area contributed by atoms with E-state index in [0.717, 1.165) is 4.68 Å². The highest BCUT2D eigenvalue weighted by atomic mass is 16.5. The molecule has 0 bridgehead atoms. The van der Waals surface area contributed by atoms with Crippen LogP contribution in [0.25, 0.3) is 0 Å². The number of urea groups is 1. The zero-order chi connectivity index (χ0) is 14.3. The van der Waals surface area contributed by atoms with Crippen molar-refractivity contribution in [1.29, 1.82) is 0 Å². The maximum atomic E-state index is 11.4. The van der Waals surface area contributed by atoms with Gasteiger partial charge in [-0.3, -0.25) is 14.3 Å². The highest BCUT2D eigenvalue weighted by Gasteiger charge is 2.08. The van der Waals surface area contributed by atoms with E-state index in [2.05, 4.69) is 20.5 Å². The molecule has 0 aliphatic heterocycles. The molecule has 0 aliphatic rings. The summed E-state index contributed by atoms with van der Waals surface area (Å²) in [6, 6.07) is -0.608. The molecule has 2 amide bonds. The molecular formula is C10H14N4O5. The van der Waals surface area contributed by atoms with Crippen molar-refractivity contribution in [2.24, 2.45) is 0 Å². The minimum Gasteiger partial charge on any atom is -0.480 e. The number of hydrogen-bond donors (Lipinski definition) is 3. The van der Waals surface area contributed by atoms with Gasteiger partial charge in [0.1, 0.15) is 13.1 Å². The summed E-state index contributed by atoms with van der Waals surface area (Å²) >= 11 is 0. The van der Waals surface area contributed by atoms with E-state index in [1.165, 1.54) is 12.4 Å². The van der Waals surface area contributed by atoms with E-state index < -0.39 is 18.0 Å². The van der Waals surface area contributed by atoms with Gasteiger partial charge in [-0.25, -0.2) is 4.79 Å². The lowest BCUT2D eigenvalue weighted by Gasteiger charge is -2.05. The van der Waals surface area contributed by atoms with Gasteiger partial charge in [-0.05, 0) is 6.92 Å². The normalized spacial score (nSPS) is 9.74. The van der Waals surface area contributed by atoms with Crippen LogP contribution in [0.4, 0.5) is 10.5 Å². The van der Waals surface area contributed by atoms with Crippen molar-refractivity contribution in [3.63, 3.8) is 0 Å². The number of aliphatic carboxylic acids is 1. The van der Waals surface area contributed by atoms with Gasteiger partial charge in [-0.1, -0.05) is 0 Å². The van der Waals surface area contributed by atoms with Gasteiger partial charge in [0.2, 0.25) is 0 Å². The fourth-order valence-corrected chi connectivity index (χ4v) is 1.19. The molecule has 1 rings (SSSR count). The fraction of sp³-hybridized carbons (Fsp3) is 0.400. The SMILES string of the molecule is CCOC(=O)CNC(=O)Nc1cnn(CC(=O)O)c1. The van der Waals surface area contributed by atoms with Gasteiger partial charge in [0.25, 0.3) is 0 Å². The van der Waals surface area contributed by atoms with E-state index in [1.54, 1.807) is 6.92 Å². The summed E-state index contributed by atoms with van der Waals surface area (Å²) in [6.45, 7) is 1.36. The van der Waals surface area contributed by atoms with Crippen molar-refractivity contribution in [1.82, 2.24) is 15.1 Å². The van der Waals surface area contributed by atoms with Gasteiger partial charge in [0.05, 0.1) is 18.5 Å². The Hall–Kier alpha value is -2.58. The third-order valence-corrected chi connectivity index (χ3v) is 1.89. The number of amides is 2. The molecule has 9 heteroatoms. The van der Waals surface area contributed by atoms with Crippen LogP contribution in [0.1, 0.15) is 6.92 Å². The molecular weight excluding hydrogens is 256 g/mol. The van der Waals surface area contributed by atoms with Gasteiger partial charge in [0.15, 0.2) is 0 Å². The standard InChI is InChI=1S/C10H14N4O5/c1-2-19-9(17)4-11-10(18)13-7-3-12-14(5-7)6-8(15)16/h3,5H,2,4,6H2,1H3,(H,15,16)(H2,11,13,18). The highest BCUT2D eigenvalue weighted by Crippen LogP contribution is 2.03.